The molecule has 2 aromatic rings. The van der Waals surface area contributed by atoms with Crippen molar-refractivity contribution in [1.82, 2.24) is 0 Å². The molecule has 0 atom stereocenters. The first-order valence-corrected chi connectivity index (χ1v) is 6.53. The van der Waals surface area contributed by atoms with E-state index in [9.17, 15) is 9.59 Å². The summed E-state index contributed by atoms with van der Waals surface area (Å²) in [6.45, 7) is 1.51. The van der Waals surface area contributed by atoms with E-state index in [1.807, 2.05) is 0 Å². The number of hydrogen-bond acceptors (Lipinski definition) is 4. The Kier molecular flexibility index (Phi) is 3.97. The predicted molar refractivity (Wildman–Crippen MR) is 75.3 cm³/mol. The third-order valence-corrected chi connectivity index (χ3v) is 3.49. The predicted octanol–water partition coefficient (Wildman–Crippen LogP) is 3.21. The summed E-state index contributed by atoms with van der Waals surface area (Å²) in [5.41, 5.74) is 1.28. The van der Waals surface area contributed by atoms with Crippen LogP contribution in [0.15, 0.2) is 35.7 Å². The van der Waals surface area contributed by atoms with E-state index in [-0.39, 0.29) is 11.7 Å². The van der Waals surface area contributed by atoms with Gasteiger partial charge >= 0.3 is 0 Å². The second kappa shape index (κ2) is 5.67. The lowest BCUT2D eigenvalue weighted by Crippen LogP contribution is -2.10. The molecule has 0 unspecified atom stereocenters. The summed E-state index contributed by atoms with van der Waals surface area (Å²) >= 11 is 1.32. The van der Waals surface area contributed by atoms with Crippen LogP contribution < -0.4 is 10.1 Å². The lowest BCUT2D eigenvalue weighted by Gasteiger charge is -2.04. The van der Waals surface area contributed by atoms with Crippen molar-refractivity contribution in [3.8, 4) is 5.75 Å². The monoisotopic (exact) mass is 275 g/mol. The smallest absolute Gasteiger partial charge is 0.265 e. The number of hydrogen-bond donors (Lipinski definition) is 1. The molecule has 1 aromatic heterocycles. The summed E-state index contributed by atoms with van der Waals surface area (Å²) in [5, 5.41) is 4.54. The Bertz CT molecular complexity index is 601. The van der Waals surface area contributed by atoms with Gasteiger partial charge in [0, 0.05) is 22.7 Å². The summed E-state index contributed by atoms with van der Waals surface area (Å²) in [4.78, 5) is 23.7. The maximum Gasteiger partial charge on any atom is 0.265 e. The molecule has 0 spiro atoms. The molecule has 19 heavy (non-hydrogen) atoms. The van der Waals surface area contributed by atoms with Crippen molar-refractivity contribution in [3.05, 3.63) is 46.2 Å². The van der Waals surface area contributed by atoms with E-state index in [4.69, 9.17) is 4.74 Å². The molecule has 1 aromatic carbocycles. The van der Waals surface area contributed by atoms with Gasteiger partial charge in [-0.15, -0.1) is 11.3 Å². The molecular formula is C14H13NO3S. The molecule has 0 saturated carbocycles. The first-order chi connectivity index (χ1) is 9.10. The van der Waals surface area contributed by atoms with Crippen molar-refractivity contribution in [1.29, 1.82) is 0 Å². The molecular weight excluding hydrogens is 262 g/mol. The van der Waals surface area contributed by atoms with Crippen molar-refractivity contribution in [2.75, 3.05) is 12.4 Å². The lowest BCUT2D eigenvalue weighted by atomic mass is 10.1. The highest BCUT2D eigenvalue weighted by Crippen LogP contribution is 2.22. The van der Waals surface area contributed by atoms with E-state index >= 15 is 0 Å². The van der Waals surface area contributed by atoms with Gasteiger partial charge in [0.15, 0.2) is 5.78 Å². The SMILES string of the molecule is COc1csc(C(=O)Nc2ccc(C(C)=O)cc2)c1. The van der Waals surface area contributed by atoms with Crippen LogP contribution in [-0.2, 0) is 0 Å². The Labute approximate surface area is 115 Å². The normalized spacial score (nSPS) is 10.0. The number of ketones is 1. The third kappa shape index (κ3) is 3.20. The Hall–Kier alpha value is -2.14. The number of thiophene rings is 1. The molecule has 2 rings (SSSR count). The van der Waals surface area contributed by atoms with Gasteiger partial charge in [0.2, 0.25) is 0 Å². The van der Waals surface area contributed by atoms with Gasteiger partial charge in [-0.3, -0.25) is 9.59 Å². The lowest BCUT2D eigenvalue weighted by molar-refractivity contribution is 0.101. The second-order valence-corrected chi connectivity index (χ2v) is 4.85. The van der Waals surface area contributed by atoms with Crippen LogP contribution >= 0.6 is 11.3 Å². The number of amides is 1. The molecule has 0 aliphatic carbocycles. The fourth-order valence-electron chi connectivity index (χ4n) is 1.53. The topological polar surface area (TPSA) is 55.4 Å². The van der Waals surface area contributed by atoms with Crippen molar-refractivity contribution < 1.29 is 14.3 Å². The van der Waals surface area contributed by atoms with Crippen LogP contribution in [0.4, 0.5) is 5.69 Å². The van der Waals surface area contributed by atoms with Crippen LogP contribution in [0.5, 0.6) is 5.75 Å². The van der Waals surface area contributed by atoms with E-state index < -0.39 is 0 Å². The molecule has 5 heteroatoms. The van der Waals surface area contributed by atoms with Crippen LogP contribution in [0, 0.1) is 0 Å². The van der Waals surface area contributed by atoms with Gasteiger partial charge in [0.1, 0.15) is 5.75 Å². The molecule has 1 N–H and O–H groups in total. The molecule has 4 nitrogen and oxygen atoms in total. The Morgan fingerprint density at radius 3 is 2.42 bits per heavy atom. The van der Waals surface area contributed by atoms with Gasteiger partial charge in [-0.2, -0.15) is 0 Å². The van der Waals surface area contributed by atoms with E-state index in [0.717, 1.165) is 0 Å². The van der Waals surface area contributed by atoms with Crippen LogP contribution in [0.1, 0.15) is 27.0 Å². The van der Waals surface area contributed by atoms with Gasteiger partial charge in [0.25, 0.3) is 5.91 Å². The van der Waals surface area contributed by atoms with Crippen molar-refractivity contribution >= 4 is 28.7 Å². The van der Waals surface area contributed by atoms with Crippen LogP contribution in [0.3, 0.4) is 0 Å². The van der Waals surface area contributed by atoms with Crippen molar-refractivity contribution in [2.24, 2.45) is 0 Å². The molecule has 0 bridgehead atoms. The zero-order valence-electron chi connectivity index (χ0n) is 10.6. The van der Waals surface area contributed by atoms with Gasteiger partial charge < -0.3 is 10.1 Å². The van der Waals surface area contributed by atoms with E-state index in [1.165, 1.54) is 18.3 Å². The number of benzene rings is 1. The maximum absolute atomic E-state index is 11.9. The molecule has 0 fully saturated rings. The summed E-state index contributed by atoms with van der Waals surface area (Å²) in [5.74, 6) is 0.479. The molecule has 1 heterocycles. The van der Waals surface area contributed by atoms with E-state index in [2.05, 4.69) is 5.32 Å². The number of rotatable bonds is 4. The average molecular weight is 275 g/mol. The number of anilines is 1. The summed E-state index contributed by atoms with van der Waals surface area (Å²) < 4.78 is 5.03. The molecule has 0 saturated heterocycles. The number of methoxy groups -OCH3 is 1. The summed E-state index contributed by atoms with van der Waals surface area (Å²) in [6, 6.07) is 8.47. The van der Waals surface area contributed by atoms with Crippen LogP contribution in [0.2, 0.25) is 0 Å². The Balaban J connectivity index is 2.08. The highest BCUT2D eigenvalue weighted by atomic mass is 32.1. The Morgan fingerprint density at radius 2 is 1.89 bits per heavy atom. The van der Waals surface area contributed by atoms with Gasteiger partial charge in [-0.05, 0) is 31.2 Å². The van der Waals surface area contributed by atoms with Crippen molar-refractivity contribution in [3.63, 3.8) is 0 Å². The number of nitrogens with one attached hydrogen (secondary N) is 1. The highest BCUT2D eigenvalue weighted by molar-refractivity contribution is 7.12. The summed E-state index contributed by atoms with van der Waals surface area (Å²) in [7, 11) is 1.56. The minimum absolute atomic E-state index is 0.000805. The van der Waals surface area contributed by atoms with E-state index in [0.29, 0.717) is 21.9 Å². The maximum atomic E-state index is 11.9. The standard InChI is InChI=1S/C14H13NO3S/c1-9(16)10-3-5-11(6-4-10)15-14(17)13-7-12(18-2)8-19-13/h3-8H,1-2H3,(H,15,17). The average Bonchev–Trinajstić information content (AvgIpc) is 2.88. The minimum Gasteiger partial charge on any atom is -0.496 e. The van der Waals surface area contributed by atoms with Crippen molar-refractivity contribution in [2.45, 2.75) is 6.92 Å². The van der Waals surface area contributed by atoms with Gasteiger partial charge in [-0.25, -0.2) is 0 Å². The number of ether oxygens (including phenoxy) is 1. The number of Topliss-reactive ketones (excluding diaryl/α,β-unsaturated/α-hetero) is 1. The molecule has 98 valence electrons. The number of carbonyl (C=O) groups is 2. The quantitative estimate of drug-likeness (QED) is 0.872. The second-order valence-electron chi connectivity index (χ2n) is 3.94. The third-order valence-electron chi connectivity index (χ3n) is 2.58. The number of carbonyl (C=O) groups excluding carboxylic acids is 2. The fourth-order valence-corrected chi connectivity index (χ4v) is 2.28. The zero-order valence-corrected chi connectivity index (χ0v) is 11.4. The minimum atomic E-state index is -0.191. The molecule has 0 aliphatic heterocycles. The molecule has 1 amide bonds. The van der Waals surface area contributed by atoms with Gasteiger partial charge in [0.05, 0.1) is 12.0 Å². The largest absolute Gasteiger partial charge is 0.496 e. The highest BCUT2D eigenvalue weighted by Gasteiger charge is 2.10. The first-order valence-electron chi connectivity index (χ1n) is 5.65. The first kappa shape index (κ1) is 13.3. The van der Waals surface area contributed by atoms with Crippen LogP contribution in [0.25, 0.3) is 0 Å². The van der Waals surface area contributed by atoms with E-state index in [1.54, 1.807) is 42.8 Å². The molecule has 0 aliphatic rings. The summed E-state index contributed by atoms with van der Waals surface area (Å²) in [6.07, 6.45) is 0. The zero-order chi connectivity index (χ0) is 13.8. The fraction of sp³-hybridized carbons (Fsp3) is 0.143. The molecule has 0 radical (unpaired) electrons. The van der Waals surface area contributed by atoms with Crippen LogP contribution in [-0.4, -0.2) is 18.8 Å². The van der Waals surface area contributed by atoms with Gasteiger partial charge in [-0.1, -0.05) is 0 Å². The Morgan fingerprint density at radius 1 is 1.21 bits per heavy atom.